The second-order valence-corrected chi connectivity index (χ2v) is 5.75. The van der Waals surface area contributed by atoms with E-state index in [2.05, 4.69) is 21.8 Å². The van der Waals surface area contributed by atoms with Crippen molar-refractivity contribution in [1.29, 1.82) is 0 Å². The fraction of sp³-hybridized carbons (Fsp3) is 0.400. The Kier molecular flexibility index (Phi) is 7.16. The highest BCUT2D eigenvalue weighted by atomic mass is 35.5. The first-order valence-electron chi connectivity index (χ1n) is 6.81. The van der Waals surface area contributed by atoms with Crippen LogP contribution in [0.25, 0.3) is 10.9 Å². The lowest BCUT2D eigenvalue weighted by Crippen LogP contribution is -2.43. The summed E-state index contributed by atoms with van der Waals surface area (Å²) in [6.07, 6.45) is 1.68. The number of phenolic OH excluding ortho intramolecular Hbond substituents is 1. The van der Waals surface area contributed by atoms with Crippen molar-refractivity contribution >= 4 is 47.3 Å². The van der Waals surface area contributed by atoms with Crippen LogP contribution in [0.3, 0.4) is 0 Å². The van der Waals surface area contributed by atoms with E-state index in [0.29, 0.717) is 17.1 Å². The lowest BCUT2D eigenvalue weighted by atomic mass is 10.1. The molecule has 0 radical (unpaired) electrons. The average molecular weight is 365 g/mol. The standard InChI is InChI=1S/C15H18ClN3O.2ClH/c1-18-5-7-19(8-6-18)10-11-9-13(16)12-3-2-4-17-14(12)15(11)20;;/h2-4,9,20H,5-8,10H2,1H3;2*1H. The molecule has 122 valence electrons. The summed E-state index contributed by atoms with van der Waals surface area (Å²) < 4.78 is 0. The molecule has 3 rings (SSSR count). The van der Waals surface area contributed by atoms with Gasteiger partial charge in [0.2, 0.25) is 0 Å². The van der Waals surface area contributed by atoms with Crippen LogP contribution in [0.1, 0.15) is 5.56 Å². The van der Waals surface area contributed by atoms with E-state index in [9.17, 15) is 5.11 Å². The highest BCUT2D eigenvalue weighted by Gasteiger charge is 2.17. The van der Waals surface area contributed by atoms with Crippen molar-refractivity contribution in [2.45, 2.75) is 6.54 Å². The van der Waals surface area contributed by atoms with Crippen molar-refractivity contribution < 1.29 is 5.11 Å². The van der Waals surface area contributed by atoms with Gasteiger partial charge in [-0.25, -0.2) is 0 Å². The van der Waals surface area contributed by atoms with Crippen molar-refractivity contribution in [2.75, 3.05) is 33.2 Å². The fourth-order valence-electron chi connectivity index (χ4n) is 2.61. The summed E-state index contributed by atoms with van der Waals surface area (Å²) in [4.78, 5) is 8.89. The first-order valence-corrected chi connectivity index (χ1v) is 7.19. The predicted octanol–water partition coefficient (Wildman–Crippen LogP) is 3.18. The van der Waals surface area contributed by atoms with Gasteiger partial charge in [-0.1, -0.05) is 11.6 Å². The number of piperazine rings is 1. The zero-order valence-electron chi connectivity index (χ0n) is 12.3. The molecule has 0 atom stereocenters. The third-order valence-electron chi connectivity index (χ3n) is 3.88. The third kappa shape index (κ3) is 3.94. The summed E-state index contributed by atoms with van der Waals surface area (Å²) in [5, 5.41) is 11.8. The molecule has 0 bridgehead atoms. The van der Waals surface area contributed by atoms with Crippen LogP contribution in [-0.2, 0) is 6.54 Å². The van der Waals surface area contributed by atoms with E-state index < -0.39 is 0 Å². The Balaban J connectivity index is 0.00000121. The summed E-state index contributed by atoms with van der Waals surface area (Å²) >= 11 is 6.30. The van der Waals surface area contributed by atoms with E-state index in [4.69, 9.17) is 11.6 Å². The van der Waals surface area contributed by atoms with E-state index in [-0.39, 0.29) is 30.6 Å². The molecule has 2 aromatic rings. The lowest BCUT2D eigenvalue weighted by molar-refractivity contribution is 0.147. The maximum absolute atomic E-state index is 10.4. The number of aromatic hydroxyl groups is 1. The van der Waals surface area contributed by atoms with Gasteiger partial charge in [0.05, 0.1) is 5.02 Å². The normalized spacial score (nSPS) is 16.1. The molecule has 0 aliphatic carbocycles. The molecule has 1 aromatic heterocycles. The molecule has 1 aromatic carbocycles. The van der Waals surface area contributed by atoms with E-state index >= 15 is 0 Å². The number of hydrogen-bond acceptors (Lipinski definition) is 4. The largest absolute Gasteiger partial charge is 0.505 e. The topological polar surface area (TPSA) is 39.6 Å². The molecule has 0 unspecified atom stereocenters. The third-order valence-corrected chi connectivity index (χ3v) is 4.20. The van der Waals surface area contributed by atoms with Gasteiger partial charge < -0.3 is 10.0 Å². The van der Waals surface area contributed by atoms with Crippen LogP contribution in [-0.4, -0.2) is 53.1 Å². The van der Waals surface area contributed by atoms with E-state index in [0.717, 1.165) is 37.1 Å². The number of likely N-dealkylation sites (N-methyl/N-ethyl adjacent to an activating group) is 1. The minimum atomic E-state index is 0. The molecule has 2 heterocycles. The number of halogens is 3. The van der Waals surface area contributed by atoms with Gasteiger partial charge in [0.15, 0.2) is 0 Å². The number of benzene rings is 1. The zero-order chi connectivity index (χ0) is 14.1. The average Bonchev–Trinajstić information content (AvgIpc) is 2.47. The quantitative estimate of drug-likeness (QED) is 0.888. The molecule has 4 nitrogen and oxygen atoms in total. The summed E-state index contributed by atoms with van der Waals surface area (Å²) in [5.41, 5.74) is 1.44. The van der Waals surface area contributed by atoms with Gasteiger partial charge in [-0.05, 0) is 25.2 Å². The Morgan fingerprint density at radius 1 is 1.23 bits per heavy atom. The summed E-state index contributed by atoms with van der Waals surface area (Å²) in [7, 11) is 2.13. The maximum Gasteiger partial charge on any atom is 0.146 e. The molecule has 1 aliphatic rings. The van der Waals surface area contributed by atoms with Crippen LogP contribution in [0.2, 0.25) is 5.02 Å². The molecule has 0 amide bonds. The van der Waals surface area contributed by atoms with Crippen LogP contribution in [0.5, 0.6) is 5.75 Å². The summed E-state index contributed by atoms with van der Waals surface area (Å²) in [6, 6.07) is 5.57. The lowest BCUT2D eigenvalue weighted by Gasteiger charge is -2.32. The Labute approximate surface area is 147 Å². The van der Waals surface area contributed by atoms with Gasteiger partial charge in [0, 0.05) is 49.9 Å². The molecule has 1 saturated heterocycles. The molecular weight excluding hydrogens is 345 g/mol. The molecule has 22 heavy (non-hydrogen) atoms. The number of rotatable bonds is 2. The number of phenols is 1. The number of hydrogen-bond donors (Lipinski definition) is 1. The van der Waals surface area contributed by atoms with Crippen molar-refractivity contribution in [3.8, 4) is 5.75 Å². The van der Waals surface area contributed by atoms with Crippen molar-refractivity contribution in [3.05, 3.63) is 35.0 Å². The fourth-order valence-corrected chi connectivity index (χ4v) is 2.89. The molecule has 0 saturated carbocycles. The Bertz CT molecular complexity index is 631. The van der Waals surface area contributed by atoms with Crippen LogP contribution < -0.4 is 0 Å². The highest BCUT2D eigenvalue weighted by Crippen LogP contribution is 2.33. The Hall–Kier alpha value is -0.780. The Morgan fingerprint density at radius 3 is 2.59 bits per heavy atom. The molecule has 1 aliphatic heterocycles. The number of nitrogens with zero attached hydrogens (tertiary/aromatic N) is 3. The first-order chi connectivity index (χ1) is 9.65. The smallest absolute Gasteiger partial charge is 0.146 e. The minimum absolute atomic E-state index is 0. The molecule has 0 spiro atoms. The summed E-state index contributed by atoms with van der Waals surface area (Å²) in [5.74, 6) is 0.254. The number of fused-ring (bicyclic) bond motifs is 1. The van der Waals surface area contributed by atoms with Crippen molar-refractivity contribution in [3.63, 3.8) is 0 Å². The minimum Gasteiger partial charge on any atom is -0.505 e. The van der Waals surface area contributed by atoms with Crippen molar-refractivity contribution in [2.24, 2.45) is 0 Å². The molecule has 1 fully saturated rings. The van der Waals surface area contributed by atoms with Crippen LogP contribution in [0, 0.1) is 0 Å². The highest BCUT2D eigenvalue weighted by molar-refractivity contribution is 6.35. The van der Waals surface area contributed by atoms with Crippen LogP contribution in [0.4, 0.5) is 0 Å². The van der Waals surface area contributed by atoms with Crippen molar-refractivity contribution in [1.82, 2.24) is 14.8 Å². The Morgan fingerprint density at radius 2 is 1.91 bits per heavy atom. The molecular formula is C15H20Cl3N3O. The van der Waals surface area contributed by atoms with Crippen LogP contribution in [0.15, 0.2) is 24.4 Å². The van der Waals surface area contributed by atoms with E-state index in [1.165, 1.54) is 0 Å². The van der Waals surface area contributed by atoms with Gasteiger partial charge in [-0.3, -0.25) is 9.88 Å². The van der Waals surface area contributed by atoms with Gasteiger partial charge in [0.25, 0.3) is 0 Å². The SMILES string of the molecule is CN1CCN(Cc2cc(Cl)c3cccnc3c2O)CC1.Cl.Cl. The van der Waals surface area contributed by atoms with E-state index in [1.54, 1.807) is 6.20 Å². The van der Waals surface area contributed by atoms with Gasteiger partial charge in [-0.2, -0.15) is 0 Å². The second-order valence-electron chi connectivity index (χ2n) is 5.35. The monoisotopic (exact) mass is 363 g/mol. The van der Waals surface area contributed by atoms with Crippen LogP contribution >= 0.6 is 36.4 Å². The first kappa shape index (κ1) is 19.3. The number of aromatic nitrogens is 1. The predicted molar refractivity (Wildman–Crippen MR) is 95.7 cm³/mol. The van der Waals surface area contributed by atoms with E-state index in [1.807, 2.05) is 18.2 Å². The zero-order valence-corrected chi connectivity index (χ0v) is 14.7. The molecule has 1 N–H and O–H groups in total. The van der Waals surface area contributed by atoms with Gasteiger partial charge in [-0.15, -0.1) is 24.8 Å². The second kappa shape index (κ2) is 8.18. The maximum atomic E-state index is 10.4. The van der Waals surface area contributed by atoms with Gasteiger partial charge in [0.1, 0.15) is 11.3 Å². The van der Waals surface area contributed by atoms with Gasteiger partial charge >= 0.3 is 0 Å². The summed E-state index contributed by atoms with van der Waals surface area (Å²) in [6.45, 7) is 4.84. The number of pyridine rings is 1. The molecule has 7 heteroatoms.